The highest BCUT2D eigenvalue weighted by atomic mass is 16.7. The molecule has 4 rings (SSSR count). The molecule has 0 bridgehead atoms. The molecule has 1 aromatic carbocycles. The number of hydrogen-bond acceptors (Lipinski definition) is 13. The van der Waals surface area contributed by atoms with E-state index < -0.39 is 60.1 Å². The summed E-state index contributed by atoms with van der Waals surface area (Å²) in [6.07, 6.45) is -1.88. The molecule has 0 spiro atoms. The van der Waals surface area contributed by atoms with Gasteiger partial charge in [-0.1, -0.05) is 40.8 Å². The quantitative estimate of drug-likeness (QED) is 0.243. The molecule has 43 heavy (non-hydrogen) atoms. The lowest BCUT2D eigenvalue weighted by molar-refractivity contribution is -0.261. The zero-order valence-corrected chi connectivity index (χ0v) is 24.7. The van der Waals surface area contributed by atoms with Crippen LogP contribution in [-0.2, 0) is 61.4 Å². The van der Waals surface area contributed by atoms with Gasteiger partial charge in [-0.25, -0.2) is 14.2 Å². The molecule has 0 N–H and O–H groups in total. The highest BCUT2D eigenvalue weighted by Crippen LogP contribution is 2.34. The summed E-state index contributed by atoms with van der Waals surface area (Å²) < 4.78 is 30.6. The third-order valence-electron chi connectivity index (χ3n) is 6.66. The maximum atomic E-state index is 12.8. The fraction of sp³-hybridized carbons (Fsp3) is 0.500. The van der Waals surface area contributed by atoms with Crippen LogP contribution in [0.2, 0.25) is 0 Å². The molecule has 2 aromatic heterocycles. The van der Waals surface area contributed by atoms with Crippen LogP contribution in [0.4, 0.5) is 0 Å². The monoisotopic (exact) mass is 598 g/mol. The predicted molar refractivity (Wildman–Crippen MR) is 145 cm³/mol. The Morgan fingerprint density at radius 3 is 2.07 bits per heavy atom. The summed E-state index contributed by atoms with van der Waals surface area (Å²) in [4.78, 5) is 48.5. The molecule has 0 amide bonds. The highest BCUT2D eigenvalue weighted by Gasteiger charge is 2.51. The number of carbonyl (C=O) groups is 4. The molecular weight excluding hydrogens is 564 g/mol. The summed E-state index contributed by atoms with van der Waals surface area (Å²) in [5, 5.41) is 16.6. The molecule has 0 saturated carbocycles. The summed E-state index contributed by atoms with van der Waals surface area (Å²) in [5.74, 6) is -2.44. The van der Waals surface area contributed by atoms with Gasteiger partial charge in [-0.2, -0.15) is 0 Å². The van der Waals surface area contributed by atoms with Crippen molar-refractivity contribution in [2.45, 2.75) is 90.8 Å². The van der Waals surface area contributed by atoms with Gasteiger partial charge in [0.1, 0.15) is 6.61 Å². The molecule has 5 atom stereocenters. The van der Waals surface area contributed by atoms with Crippen LogP contribution in [0.5, 0.6) is 0 Å². The smallest absolute Gasteiger partial charge is 0.333 e. The Balaban J connectivity index is 1.49. The maximum absolute atomic E-state index is 12.8. The van der Waals surface area contributed by atoms with Gasteiger partial charge < -0.3 is 23.7 Å². The summed E-state index contributed by atoms with van der Waals surface area (Å²) in [7, 11) is 0. The van der Waals surface area contributed by atoms with Crippen molar-refractivity contribution in [3.8, 4) is 0 Å². The van der Waals surface area contributed by atoms with Crippen molar-refractivity contribution in [3.05, 3.63) is 59.7 Å². The van der Waals surface area contributed by atoms with Crippen LogP contribution in [0.25, 0.3) is 0 Å². The fourth-order valence-electron chi connectivity index (χ4n) is 4.55. The van der Waals surface area contributed by atoms with Gasteiger partial charge in [0.25, 0.3) is 0 Å². The van der Waals surface area contributed by atoms with Crippen molar-refractivity contribution >= 4 is 23.9 Å². The first kappa shape index (κ1) is 31.3. The van der Waals surface area contributed by atoms with E-state index in [1.807, 2.05) is 30.3 Å². The molecule has 1 aliphatic rings. The first-order chi connectivity index (χ1) is 20.3. The number of aromatic nitrogens is 6. The van der Waals surface area contributed by atoms with Gasteiger partial charge in [-0.3, -0.25) is 14.4 Å². The SMILES string of the molecule is CC(=O)O[C@@H]1[C@H](OC(C)=O)[C@H](C)O[C@H](n2cc(Cc3cn(C(C)(C)C(=O)OCc4ccccc4)nn3)nn2)[C@H]1OC(C)=O. The maximum Gasteiger partial charge on any atom is 0.333 e. The Labute approximate surface area is 247 Å². The van der Waals surface area contributed by atoms with Crippen LogP contribution < -0.4 is 0 Å². The van der Waals surface area contributed by atoms with Crippen LogP contribution >= 0.6 is 0 Å². The molecule has 1 fully saturated rings. The average molecular weight is 599 g/mol. The third kappa shape index (κ3) is 7.60. The molecule has 3 heterocycles. The summed E-state index contributed by atoms with van der Waals surface area (Å²) in [5.41, 5.74) is 0.687. The van der Waals surface area contributed by atoms with Gasteiger partial charge in [-0.15, -0.1) is 10.2 Å². The van der Waals surface area contributed by atoms with Gasteiger partial charge in [0.05, 0.1) is 29.9 Å². The molecule has 230 valence electrons. The highest BCUT2D eigenvalue weighted by molar-refractivity contribution is 5.77. The Kier molecular flexibility index (Phi) is 9.53. The zero-order valence-electron chi connectivity index (χ0n) is 24.7. The number of hydrogen-bond donors (Lipinski definition) is 0. The van der Waals surface area contributed by atoms with Crippen LogP contribution in [0.3, 0.4) is 0 Å². The summed E-state index contributed by atoms with van der Waals surface area (Å²) in [6, 6.07) is 9.34. The molecule has 15 nitrogen and oxygen atoms in total. The number of carbonyl (C=O) groups excluding carboxylic acids is 4. The van der Waals surface area contributed by atoms with Crippen molar-refractivity contribution in [1.82, 2.24) is 30.0 Å². The minimum Gasteiger partial charge on any atom is -0.459 e. The van der Waals surface area contributed by atoms with Crippen molar-refractivity contribution in [2.24, 2.45) is 0 Å². The lowest BCUT2D eigenvalue weighted by atomic mass is 9.98. The summed E-state index contributed by atoms with van der Waals surface area (Å²) >= 11 is 0. The number of nitrogens with zero attached hydrogens (tertiary/aromatic N) is 6. The van der Waals surface area contributed by atoms with E-state index in [2.05, 4.69) is 20.6 Å². The number of rotatable bonds is 10. The van der Waals surface area contributed by atoms with E-state index in [1.54, 1.807) is 33.2 Å². The van der Waals surface area contributed by atoms with E-state index in [9.17, 15) is 19.2 Å². The second-order valence-electron chi connectivity index (χ2n) is 10.6. The zero-order chi connectivity index (χ0) is 31.3. The Hall–Kier alpha value is -4.66. The van der Waals surface area contributed by atoms with E-state index in [0.717, 1.165) is 5.56 Å². The van der Waals surface area contributed by atoms with Gasteiger partial charge in [0, 0.05) is 27.2 Å². The Bertz CT molecular complexity index is 1450. The topological polar surface area (TPSA) is 176 Å². The second kappa shape index (κ2) is 13.1. The molecular formula is C28H34N6O9. The summed E-state index contributed by atoms with van der Waals surface area (Å²) in [6.45, 7) is 8.70. The van der Waals surface area contributed by atoms with Crippen molar-refractivity contribution in [1.29, 1.82) is 0 Å². The number of ether oxygens (including phenoxy) is 5. The van der Waals surface area contributed by atoms with Gasteiger partial charge >= 0.3 is 23.9 Å². The minimum atomic E-state index is -1.21. The first-order valence-corrected chi connectivity index (χ1v) is 13.6. The largest absolute Gasteiger partial charge is 0.459 e. The molecule has 3 aromatic rings. The van der Waals surface area contributed by atoms with Crippen LogP contribution in [0.15, 0.2) is 42.7 Å². The molecule has 1 saturated heterocycles. The lowest BCUT2D eigenvalue weighted by Gasteiger charge is -2.43. The molecule has 1 aliphatic heterocycles. The Morgan fingerprint density at radius 1 is 0.837 bits per heavy atom. The van der Waals surface area contributed by atoms with Gasteiger partial charge in [0.15, 0.2) is 30.1 Å². The average Bonchev–Trinajstić information content (AvgIpc) is 3.61. The number of esters is 4. The normalized spacial score (nSPS) is 22.0. The van der Waals surface area contributed by atoms with Gasteiger partial charge in [0.2, 0.25) is 0 Å². The molecule has 15 heteroatoms. The molecule has 0 radical (unpaired) electrons. The minimum absolute atomic E-state index is 0.129. The van der Waals surface area contributed by atoms with E-state index in [-0.39, 0.29) is 13.0 Å². The first-order valence-electron chi connectivity index (χ1n) is 13.6. The number of benzene rings is 1. The van der Waals surface area contributed by atoms with E-state index in [1.165, 1.54) is 30.1 Å². The van der Waals surface area contributed by atoms with Crippen LogP contribution in [0, 0.1) is 0 Å². The van der Waals surface area contributed by atoms with E-state index in [4.69, 9.17) is 23.7 Å². The van der Waals surface area contributed by atoms with Crippen molar-refractivity contribution < 1.29 is 42.9 Å². The third-order valence-corrected chi connectivity index (χ3v) is 6.66. The van der Waals surface area contributed by atoms with Crippen LogP contribution in [-0.4, -0.2) is 78.3 Å². The lowest BCUT2D eigenvalue weighted by Crippen LogP contribution is -2.58. The van der Waals surface area contributed by atoms with Gasteiger partial charge in [-0.05, 0) is 26.3 Å². The fourth-order valence-corrected chi connectivity index (χ4v) is 4.55. The molecule has 0 unspecified atom stereocenters. The standard InChI is InChI=1S/C28H34N6O9/c1-16-23(41-17(2)35)24(42-18(3)36)25(43-19(4)37)26(40-16)33-13-21(29-31-33)12-22-14-34(32-30-22)28(5,6)27(38)39-15-20-10-8-7-9-11-20/h7-11,13-14,16,23-26H,12,15H2,1-6H3/t16-,23+,24+,25-,26-/m0/s1. The molecule has 0 aliphatic carbocycles. The Morgan fingerprint density at radius 2 is 1.42 bits per heavy atom. The van der Waals surface area contributed by atoms with Crippen molar-refractivity contribution in [2.75, 3.05) is 0 Å². The van der Waals surface area contributed by atoms with Crippen LogP contribution in [0.1, 0.15) is 64.7 Å². The second-order valence-corrected chi connectivity index (χ2v) is 10.6. The van der Waals surface area contributed by atoms with Crippen molar-refractivity contribution in [3.63, 3.8) is 0 Å². The van der Waals surface area contributed by atoms with E-state index >= 15 is 0 Å². The predicted octanol–water partition coefficient (Wildman–Crippen LogP) is 1.65. The van der Waals surface area contributed by atoms with E-state index in [0.29, 0.717) is 11.4 Å².